The fourth-order valence-corrected chi connectivity index (χ4v) is 3.35. The standard InChI is InChI=1S/C15H16N4O/c1-19-8-9(7-17-19)11-5-10(16)6-12-13(11)18-14(20)15(12)3-2-4-15/h5-8H,2-4,16H2,1H3,(H,18,20). The highest BCUT2D eigenvalue weighted by atomic mass is 16.2. The van der Waals surface area contributed by atoms with Crippen molar-refractivity contribution in [2.45, 2.75) is 24.7 Å². The van der Waals surface area contributed by atoms with Gasteiger partial charge >= 0.3 is 0 Å². The monoisotopic (exact) mass is 268 g/mol. The first-order valence-electron chi connectivity index (χ1n) is 6.85. The maximum atomic E-state index is 12.4. The highest BCUT2D eigenvalue weighted by Gasteiger charge is 2.51. The van der Waals surface area contributed by atoms with Gasteiger partial charge in [0.15, 0.2) is 0 Å². The molecule has 0 atom stereocenters. The van der Waals surface area contributed by atoms with E-state index in [1.807, 2.05) is 25.4 Å². The molecule has 102 valence electrons. The van der Waals surface area contributed by atoms with E-state index >= 15 is 0 Å². The lowest BCUT2D eigenvalue weighted by molar-refractivity contribution is -0.123. The van der Waals surface area contributed by atoms with Crippen LogP contribution in [0.25, 0.3) is 11.1 Å². The van der Waals surface area contributed by atoms with Crippen molar-refractivity contribution in [2.24, 2.45) is 7.05 Å². The second-order valence-electron chi connectivity index (χ2n) is 5.78. The third-order valence-electron chi connectivity index (χ3n) is 4.57. The molecule has 1 fully saturated rings. The summed E-state index contributed by atoms with van der Waals surface area (Å²) in [4.78, 5) is 12.4. The largest absolute Gasteiger partial charge is 0.399 e. The topological polar surface area (TPSA) is 72.9 Å². The number of nitrogens with zero attached hydrogens (tertiary/aromatic N) is 2. The summed E-state index contributed by atoms with van der Waals surface area (Å²) in [6, 6.07) is 3.86. The van der Waals surface area contributed by atoms with Crippen LogP contribution in [0.4, 0.5) is 11.4 Å². The Morgan fingerprint density at radius 1 is 1.40 bits per heavy atom. The minimum atomic E-state index is -0.332. The Balaban J connectivity index is 1.95. The maximum Gasteiger partial charge on any atom is 0.235 e. The zero-order valence-electron chi connectivity index (χ0n) is 11.3. The number of aryl methyl sites for hydroxylation is 1. The average Bonchev–Trinajstić information content (AvgIpc) is 2.88. The number of nitrogen functional groups attached to an aromatic ring is 1. The van der Waals surface area contributed by atoms with Crippen molar-refractivity contribution in [1.82, 2.24) is 9.78 Å². The fraction of sp³-hybridized carbons (Fsp3) is 0.333. The van der Waals surface area contributed by atoms with E-state index in [0.29, 0.717) is 5.69 Å². The molecule has 1 aliphatic heterocycles. The summed E-state index contributed by atoms with van der Waals surface area (Å²) in [6.45, 7) is 0. The van der Waals surface area contributed by atoms with Crippen molar-refractivity contribution >= 4 is 17.3 Å². The molecule has 1 aliphatic carbocycles. The van der Waals surface area contributed by atoms with Gasteiger partial charge < -0.3 is 11.1 Å². The van der Waals surface area contributed by atoms with Crippen molar-refractivity contribution in [3.63, 3.8) is 0 Å². The van der Waals surface area contributed by atoms with Crippen LogP contribution < -0.4 is 11.1 Å². The molecule has 1 spiro atoms. The predicted octanol–water partition coefficient (Wildman–Crippen LogP) is 2.04. The minimum absolute atomic E-state index is 0.120. The average molecular weight is 268 g/mol. The maximum absolute atomic E-state index is 12.4. The summed E-state index contributed by atoms with van der Waals surface area (Å²) in [5, 5.41) is 7.26. The van der Waals surface area contributed by atoms with Gasteiger partial charge in [0.1, 0.15) is 0 Å². The lowest BCUT2D eigenvalue weighted by Crippen LogP contribution is -2.40. The Hall–Kier alpha value is -2.30. The molecular formula is C15H16N4O. The number of nitrogens with one attached hydrogen (secondary N) is 1. The number of rotatable bonds is 1. The van der Waals surface area contributed by atoms with Crippen molar-refractivity contribution in [3.8, 4) is 11.1 Å². The number of anilines is 2. The molecule has 2 heterocycles. The predicted molar refractivity (Wildman–Crippen MR) is 77.2 cm³/mol. The second kappa shape index (κ2) is 3.62. The first kappa shape index (κ1) is 11.5. The third-order valence-corrected chi connectivity index (χ3v) is 4.57. The van der Waals surface area contributed by atoms with Crippen LogP contribution in [0.1, 0.15) is 24.8 Å². The summed E-state index contributed by atoms with van der Waals surface area (Å²) < 4.78 is 1.75. The molecule has 1 saturated carbocycles. The molecule has 0 saturated heterocycles. The number of aromatic nitrogens is 2. The zero-order valence-corrected chi connectivity index (χ0v) is 11.3. The fourth-order valence-electron chi connectivity index (χ4n) is 3.35. The summed E-state index contributed by atoms with van der Waals surface area (Å²) in [6.07, 6.45) is 6.67. The molecule has 5 heteroatoms. The van der Waals surface area contributed by atoms with E-state index in [1.165, 1.54) is 0 Å². The SMILES string of the molecule is Cn1cc(-c2cc(N)cc3c2NC(=O)C32CCC2)cn1. The van der Waals surface area contributed by atoms with Gasteiger partial charge in [0, 0.05) is 30.1 Å². The summed E-state index contributed by atoms with van der Waals surface area (Å²) in [5.74, 6) is 0.120. The molecular weight excluding hydrogens is 252 g/mol. The van der Waals surface area contributed by atoms with E-state index in [0.717, 1.165) is 41.6 Å². The summed E-state index contributed by atoms with van der Waals surface area (Å²) in [5.41, 5.74) is 10.3. The smallest absolute Gasteiger partial charge is 0.235 e. The Morgan fingerprint density at radius 2 is 2.20 bits per heavy atom. The van der Waals surface area contributed by atoms with E-state index in [-0.39, 0.29) is 11.3 Å². The van der Waals surface area contributed by atoms with E-state index in [4.69, 9.17) is 5.73 Å². The molecule has 2 aliphatic rings. The minimum Gasteiger partial charge on any atom is -0.399 e. The molecule has 1 aromatic heterocycles. The molecule has 20 heavy (non-hydrogen) atoms. The van der Waals surface area contributed by atoms with Crippen molar-refractivity contribution in [3.05, 3.63) is 30.1 Å². The number of hydrogen-bond acceptors (Lipinski definition) is 3. The molecule has 4 rings (SSSR count). The van der Waals surface area contributed by atoms with Gasteiger partial charge in [-0.3, -0.25) is 9.48 Å². The Morgan fingerprint density at radius 3 is 2.80 bits per heavy atom. The van der Waals surface area contributed by atoms with Crippen LogP contribution in [0, 0.1) is 0 Å². The lowest BCUT2D eigenvalue weighted by Gasteiger charge is -2.36. The summed E-state index contributed by atoms with van der Waals surface area (Å²) in [7, 11) is 1.88. The molecule has 0 bridgehead atoms. The van der Waals surface area contributed by atoms with Gasteiger partial charge in [-0.15, -0.1) is 0 Å². The number of amides is 1. The van der Waals surface area contributed by atoms with Gasteiger partial charge in [-0.1, -0.05) is 6.42 Å². The molecule has 2 aromatic rings. The molecule has 0 unspecified atom stereocenters. The molecule has 1 amide bonds. The lowest BCUT2D eigenvalue weighted by atomic mass is 9.65. The Labute approximate surface area is 116 Å². The van der Waals surface area contributed by atoms with E-state index in [2.05, 4.69) is 10.4 Å². The van der Waals surface area contributed by atoms with Gasteiger partial charge in [-0.05, 0) is 30.5 Å². The van der Waals surface area contributed by atoms with Crippen LogP contribution >= 0.6 is 0 Å². The van der Waals surface area contributed by atoms with Crippen LogP contribution in [0.3, 0.4) is 0 Å². The highest BCUT2D eigenvalue weighted by molar-refractivity contribution is 6.10. The quantitative estimate of drug-likeness (QED) is 0.777. The van der Waals surface area contributed by atoms with Crippen LogP contribution in [0.5, 0.6) is 0 Å². The Kier molecular flexibility index (Phi) is 2.09. The van der Waals surface area contributed by atoms with Gasteiger partial charge in [0.25, 0.3) is 0 Å². The van der Waals surface area contributed by atoms with Gasteiger partial charge in [-0.2, -0.15) is 5.10 Å². The van der Waals surface area contributed by atoms with E-state index in [1.54, 1.807) is 10.9 Å². The number of benzene rings is 1. The summed E-state index contributed by atoms with van der Waals surface area (Å²) >= 11 is 0. The zero-order chi connectivity index (χ0) is 13.9. The first-order valence-corrected chi connectivity index (χ1v) is 6.85. The number of hydrogen-bond donors (Lipinski definition) is 2. The molecule has 0 radical (unpaired) electrons. The van der Waals surface area contributed by atoms with Crippen LogP contribution in [-0.2, 0) is 17.3 Å². The van der Waals surface area contributed by atoms with Gasteiger partial charge in [0.05, 0.1) is 17.3 Å². The van der Waals surface area contributed by atoms with Crippen molar-refractivity contribution < 1.29 is 4.79 Å². The van der Waals surface area contributed by atoms with Crippen molar-refractivity contribution in [1.29, 1.82) is 0 Å². The number of carbonyl (C=O) groups is 1. The van der Waals surface area contributed by atoms with Gasteiger partial charge in [-0.25, -0.2) is 0 Å². The van der Waals surface area contributed by atoms with Crippen LogP contribution in [-0.4, -0.2) is 15.7 Å². The number of fused-ring (bicyclic) bond motifs is 2. The van der Waals surface area contributed by atoms with E-state index < -0.39 is 0 Å². The Bertz CT molecular complexity index is 727. The number of nitrogens with two attached hydrogens (primary N) is 1. The molecule has 5 nitrogen and oxygen atoms in total. The molecule has 1 aromatic carbocycles. The first-order chi connectivity index (χ1) is 9.60. The van der Waals surface area contributed by atoms with Gasteiger partial charge in [0.2, 0.25) is 5.91 Å². The molecule has 3 N–H and O–H groups in total. The van der Waals surface area contributed by atoms with Crippen LogP contribution in [0.2, 0.25) is 0 Å². The van der Waals surface area contributed by atoms with Crippen LogP contribution in [0.15, 0.2) is 24.5 Å². The number of carbonyl (C=O) groups excluding carboxylic acids is 1. The highest BCUT2D eigenvalue weighted by Crippen LogP contribution is 2.53. The normalized spacial score (nSPS) is 18.8. The van der Waals surface area contributed by atoms with Crippen molar-refractivity contribution in [2.75, 3.05) is 11.1 Å². The second-order valence-corrected chi connectivity index (χ2v) is 5.78. The van der Waals surface area contributed by atoms with E-state index in [9.17, 15) is 4.79 Å². The third kappa shape index (κ3) is 1.32.